The Hall–Kier alpha value is -1.95. The van der Waals surface area contributed by atoms with Gasteiger partial charge in [-0.1, -0.05) is 11.6 Å². The van der Waals surface area contributed by atoms with Gasteiger partial charge in [0, 0.05) is 6.20 Å². The highest BCUT2D eigenvalue weighted by Crippen LogP contribution is 2.16. The van der Waals surface area contributed by atoms with Crippen molar-refractivity contribution < 1.29 is 4.79 Å². The number of nitrogens with zero attached hydrogens (tertiary/aromatic N) is 4. The first kappa shape index (κ1) is 10.6. The first-order valence-electron chi connectivity index (χ1n) is 4.48. The predicted molar refractivity (Wildman–Crippen MR) is 57.9 cm³/mol. The molecule has 1 N–H and O–H groups in total. The minimum absolute atomic E-state index is 0.0763. The Kier molecular flexibility index (Phi) is 3.11. The van der Waals surface area contributed by atoms with Gasteiger partial charge in [0.25, 0.3) is 0 Å². The van der Waals surface area contributed by atoms with Crippen molar-refractivity contribution in [1.82, 2.24) is 19.7 Å². The van der Waals surface area contributed by atoms with Crippen molar-refractivity contribution in [2.45, 2.75) is 6.54 Å². The maximum Gasteiger partial charge on any atom is 0.247 e. The van der Waals surface area contributed by atoms with E-state index in [4.69, 9.17) is 11.6 Å². The summed E-state index contributed by atoms with van der Waals surface area (Å²) in [6.07, 6.45) is 4.37. The number of aromatic nitrogens is 4. The summed E-state index contributed by atoms with van der Waals surface area (Å²) in [4.78, 5) is 19.2. The average molecular weight is 238 g/mol. The van der Waals surface area contributed by atoms with Gasteiger partial charge in [-0.05, 0) is 12.1 Å². The van der Waals surface area contributed by atoms with Crippen LogP contribution in [0.3, 0.4) is 0 Å². The number of amides is 1. The van der Waals surface area contributed by atoms with Crippen LogP contribution in [-0.2, 0) is 11.3 Å². The molecular weight excluding hydrogens is 230 g/mol. The molecule has 0 radical (unpaired) electrons. The van der Waals surface area contributed by atoms with E-state index in [1.54, 1.807) is 18.3 Å². The second kappa shape index (κ2) is 4.71. The first-order chi connectivity index (χ1) is 7.75. The summed E-state index contributed by atoms with van der Waals surface area (Å²) in [5, 5.41) is 6.79. The molecule has 6 nitrogen and oxygen atoms in total. The van der Waals surface area contributed by atoms with Gasteiger partial charge < -0.3 is 5.32 Å². The highest BCUT2D eigenvalue weighted by Gasteiger charge is 2.07. The van der Waals surface area contributed by atoms with E-state index in [2.05, 4.69) is 20.4 Å². The molecule has 0 fully saturated rings. The monoisotopic (exact) mass is 237 g/mol. The Morgan fingerprint density at radius 1 is 1.56 bits per heavy atom. The highest BCUT2D eigenvalue weighted by atomic mass is 35.5. The summed E-state index contributed by atoms with van der Waals surface area (Å²) in [6.45, 7) is 0.0763. The third kappa shape index (κ3) is 2.54. The maximum atomic E-state index is 11.5. The summed E-state index contributed by atoms with van der Waals surface area (Å²) < 4.78 is 1.41. The van der Waals surface area contributed by atoms with Gasteiger partial charge in [-0.3, -0.25) is 4.79 Å². The normalized spacial score (nSPS) is 10.1. The van der Waals surface area contributed by atoms with Crippen molar-refractivity contribution in [2.24, 2.45) is 0 Å². The van der Waals surface area contributed by atoms with Crippen LogP contribution in [0.2, 0.25) is 5.02 Å². The highest BCUT2D eigenvalue weighted by molar-refractivity contribution is 6.33. The first-order valence-corrected chi connectivity index (χ1v) is 4.86. The van der Waals surface area contributed by atoms with Crippen LogP contribution in [0.15, 0.2) is 31.0 Å². The van der Waals surface area contributed by atoms with Gasteiger partial charge in [-0.2, -0.15) is 5.10 Å². The fraction of sp³-hybridized carbons (Fsp3) is 0.111. The zero-order chi connectivity index (χ0) is 11.4. The predicted octanol–water partition coefficient (Wildman–Crippen LogP) is 0.965. The van der Waals surface area contributed by atoms with E-state index in [0.29, 0.717) is 10.8 Å². The number of carbonyl (C=O) groups is 1. The number of rotatable bonds is 3. The van der Waals surface area contributed by atoms with E-state index in [-0.39, 0.29) is 12.5 Å². The molecule has 2 aromatic rings. The van der Waals surface area contributed by atoms with Crippen LogP contribution in [0.5, 0.6) is 0 Å². The van der Waals surface area contributed by atoms with Crippen LogP contribution in [0.1, 0.15) is 0 Å². The van der Waals surface area contributed by atoms with Crippen LogP contribution < -0.4 is 5.32 Å². The molecule has 0 spiro atoms. The van der Waals surface area contributed by atoms with Crippen LogP contribution in [0.4, 0.5) is 5.82 Å². The lowest BCUT2D eigenvalue weighted by Gasteiger charge is -2.05. The average Bonchev–Trinajstić information content (AvgIpc) is 2.74. The molecule has 0 saturated carbocycles. The van der Waals surface area contributed by atoms with Crippen LogP contribution >= 0.6 is 11.6 Å². The van der Waals surface area contributed by atoms with E-state index in [1.165, 1.54) is 17.3 Å². The molecule has 2 heterocycles. The molecule has 1 amide bonds. The number of halogens is 1. The number of hydrogen-bond donors (Lipinski definition) is 1. The van der Waals surface area contributed by atoms with E-state index in [1.807, 2.05) is 0 Å². The quantitative estimate of drug-likeness (QED) is 0.863. The molecule has 0 aliphatic rings. The molecule has 0 unspecified atom stereocenters. The number of hydrogen-bond acceptors (Lipinski definition) is 4. The summed E-state index contributed by atoms with van der Waals surface area (Å²) in [5.74, 6) is 0.0837. The van der Waals surface area contributed by atoms with Crippen LogP contribution in [0, 0.1) is 0 Å². The zero-order valence-electron chi connectivity index (χ0n) is 8.17. The van der Waals surface area contributed by atoms with Gasteiger partial charge >= 0.3 is 0 Å². The summed E-state index contributed by atoms with van der Waals surface area (Å²) in [6, 6.07) is 3.34. The Morgan fingerprint density at radius 3 is 3.12 bits per heavy atom. The topological polar surface area (TPSA) is 72.7 Å². The van der Waals surface area contributed by atoms with Gasteiger partial charge in [0.2, 0.25) is 5.91 Å². The van der Waals surface area contributed by atoms with Gasteiger partial charge in [-0.25, -0.2) is 14.6 Å². The van der Waals surface area contributed by atoms with Crippen molar-refractivity contribution >= 4 is 23.3 Å². The Bertz CT molecular complexity index is 484. The maximum absolute atomic E-state index is 11.5. The molecule has 0 bridgehead atoms. The molecular formula is C9H8ClN5O. The largest absolute Gasteiger partial charge is 0.308 e. The molecule has 0 aliphatic heterocycles. The smallest absolute Gasteiger partial charge is 0.247 e. The Balaban J connectivity index is 2.00. The van der Waals surface area contributed by atoms with Crippen molar-refractivity contribution in [3.8, 4) is 0 Å². The molecule has 2 rings (SSSR count). The lowest BCUT2D eigenvalue weighted by molar-refractivity contribution is -0.116. The number of pyridine rings is 1. The molecule has 2 aromatic heterocycles. The van der Waals surface area contributed by atoms with Gasteiger partial charge in [0.05, 0.1) is 5.02 Å². The second-order valence-corrected chi connectivity index (χ2v) is 3.38. The number of anilines is 1. The molecule has 0 atom stereocenters. The van der Waals surface area contributed by atoms with E-state index in [9.17, 15) is 4.79 Å². The van der Waals surface area contributed by atoms with Crippen molar-refractivity contribution in [3.63, 3.8) is 0 Å². The van der Waals surface area contributed by atoms with E-state index < -0.39 is 0 Å². The number of nitrogens with one attached hydrogen (secondary N) is 1. The lowest BCUT2D eigenvalue weighted by Crippen LogP contribution is -2.19. The fourth-order valence-corrected chi connectivity index (χ4v) is 1.28. The van der Waals surface area contributed by atoms with Crippen molar-refractivity contribution in [2.75, 3.05) is 5.32 Å². The molecule has 0 saturated heterocycles. The van der Waals surface area contributed by atoms with Crippen LogP contribution in [-0.4, -0.2) is 25.7 Å². The van der Waals surface area contributed by atoms with Crippen molar-refractivity contribution in [3.05, 3.63) is 36.0 Å². The van der Waals surface area contributed by atoms with Gasteiger partial charge in [0.1, 0.15) is 19.2 Å². The van der Waals surface area contributed by atoms with Crippen molar-refractivity contribution in [1.29, 1.82) is 0 Å². The summed E-state index contributed by atoms with van der Waals surface area (Å²) >= 11 is 5.84. The lowest BCUT2D eigenvalue weighted by atomic mass is 10.4. The summed E-state index contributed by atoms with van der Waals surface area (Å²) in [5.41, 5.74) is 0. The minimum atomic E-state index is -0.258. The fourth-order valence-electron chi connectivity index (χ4n) is 1.11. The SMILES string of the molecule is O=C(Cn1cncn1)Nc1ncccc1Cl. The third-order valence-electron chi connectivity index (χ3n) is 1.79. The second-order valence-electron chi connectivity index (χ2n) is 2.98. The Morgan fingerprint density at radius 2 is 2.44 bits per heavy atom. The third-order valence-corrected chi connectivity index (χ3v) is 2.09. The zero-order valence-corrected chi connectivity index (χ0v) is 8.92. The minimum Gasteiger partial charge on any atom is -0.308 e. The number of carbonyl (C=O) groups excluding carboxylic acids is 1. The Labute approximate surface area is 96.3 Å². The molecule has 82 valence electrons. The standard InChI is InChI=1S/C9H8ClN5O/c10-7-2-1-3-12-9(7)14-8(16)4-15-6-11-5-13-15/h1-3,5-6H,4H2,(H,12,14,16). The molecule has 16 heavy (non-hydrogen) atoms. The van der Waals surface area contributed by atoms with E-state index in [0.717, 1.165) is 0 Å². The summed E-state index contributed by atoms with van der Waals surface area (Å²) in [7, 11) is 0. The molecule has 0 aromatic carbocycles. The van der Waals surface area contributed by atoms with Gasteiger partial charge in [0.15, 0.2) is 5.82 Å². The van der Waals surface area contributed by atoms with Crippen LogP contribution in [0.25, 0.3) is 0 Å². The van der Waals surface area contributed by atoms with Gasteiger partial charge in [-0.15, -0.1) is 0 Å². The van der Waals surface area contributed by atoms with E-state index >= 15 is 0 Å². The molecule has 0 aliphatic carbocycles. The molecule has 7 heteroatoms.